The summed E-state index contributed by atoms with van der Waals surface area (Å²) in [7, 11) is 0. The van der Waals surface area contributed by atoms with Crippen molar-refractivity contribution in [3.63, 3.8) is 0 Å². The molecule has 1 aromatic heterocycles. The van der Waals surface area contributed by atoms with E-state index in [0.29, 0.717) is 18.8 Å². The first-order chi connectivity index (χ1) is 7.20. The molecule has 1 saturated heterocycles. The van der Waals surface area contributed by atoms with Crippen molar-refractivity contribution in [1.29, 1.82) is 0 Å². The maximum atomic E-state index is 11.5. The fourth-order valence-corrected chi connectivity index (χ4v) is 2.04. The Morgan fingerprint density at radius 1 is 1.73 bits per heavy atom. The number of H-pyrrole nitrogens is 1. The second kappa shape index (κ2) is 4.23. The first kappa shape index (κ1) is 10.5. The summed E-state index contributed by atoms with van der Waals surface area (Å²) < 4.78 is 0. The van der Waals surface area contributed by atoms with Crippen molar-refractivity contribution in [1.82, 2.24) is 10.2 Å². The lowest BCUT2D eigenvalue weighted by Gasteiger charge is -2.10. The van der Waals surface area contributed by atoms with Gasteiger partial charge in [0.2, 0.25) is 5.91 Å². The van der Waals surface area contributed by atoms with Gasteiger partial charge in [-0.05, 0) is 6.42 Å². The molecule has 0 bridgehead atoms. The summed E-state index contributed by atoms with van der Waals surface area (Å²) in [6.45, 7) is 2.67. The molecule has 2 rings (SSSR count). The lowest BCUT2D eigenvalue weighted by Crippen LogP contribution is -2.24. The number of hydrogen-bond acceptors (Lipinski definition) is 2. The Bertz CT molecular complexity index is 363. The molecule has 1 atom stereocenters. The van der Waals surface area contributed by atoms with Crippen LogP contribution < -0.4 is 4.90 Å². The van der Waals surface area contributed by atoms with Gasteiger partial charge in [0, 0.05) is 24.7 Å². The number of halogens is 1. The van der Waals surface area contributed by atoms with Gasteiger partial charge < -0.3 is 0 Å². The van der Waals surface area contributed by atoms with Crippen LogP contribution in [0.5, 0.6) is 0 Å². The molecule has 0 spiro atoms. The molecule has 1 fully saturated rings. The van der Waals surface area contributed by atoms with Crippen molar-refractivity contribution >= 4 is 23.3 Å². The zero-order chi connectivity index (χ0) is 10.8. The number of aromatic amines is 1. The molecule has 82 valence electrons. The van der Waals surface area contributed by atoms with Crippen LogP contribution in [0.2, 0.25) is 0 Å². The van der Waals surface area contributed by atoms with Crippen molar-refractivity contribution in [3.8, 4) is 0 Å². The highest BCUT2D eigenvalue weighted by Gasteiger charge is 2.30. The summed E-state index contributed by atoms with van der Waals surface area (Å²) in [4.78, 5) is 13.2. The summed E-state index contributed by atoms with van der Waals surface area (Å²) in [6, 6.07) is 1.93. The molecule has 1 aliphatic rings. The van der Waals surface area contributed by atoms with Crippen molar-refractivity contribution in [3.05, 3.63) is 11.8 Å². The van der Waals surface area contributed by atoms with Gasteiger partial charge in [0.15, 0.2) is 5.82 Å². The van der Waals surface area contributed by atoms with E-state index < -0.39 is 0 Å². The third-order valence-corrected chi connectivity index (χ3v) is 2.78. The summed E-state index contributed by atoms with van der Waals surface area (Å²) in [5.74, 6) is 0.760. The minimum Gasteiger partial charge on any atom is -0.294 e. The molecule has 1 amide bonds. The fourth-order valence-electron chi connectivity index (χ4n) is 1.77. The number of nitrogens with one attached hydrogen (secondary N) is 1. The van der Waals surface area contributed by atoms with Crippen LogP contribution in [0, 0.1) is 0 Å². The second-order valence-corrected chi connectivity index (χ2v) is 4.42. The standard InChI is InChI=1S/C10H14ClN3O/c1-2-3-8-5-9(13-12-8)14-6-7(11)4-10(14)15/h5,7H,2-4,6H2,1H3,(H,12,13). The number of aryl methyl sites for hydroxylation is 1. The predicted octanol–water partition coefficient (Wildman–Crippen LogP) is 1.71. The van der Waals surface area contributed by atoms with E-state index in [-0.39, 0.29) is 11.3 Å². The molecule has 5 heteroatoms. The van der Waals surface area contributed by atoms with E-state index in [0.717, 1.165) is 18.5 Å². The molecule has 1 aliphatic heterocycles. The molecular formula is C10H14ClN3O. The molecule has 0 aliphatic carbocycles. The van der Waals surface area contributed by atoms with Crippen LogP contribution >= 0.6 is 11.6 Å². The van der Waals surface area contributed by atoms with E-state index in [9.17, 15) is 4.79 Å². The highest BCUT2D eigenvalue weighted by Crippen LogP contribution is 2.23. The largest absolute Gasteiger partial charge is 0.294 e. The minimum atomic E-state index is -0.0798. The summed E-state index contributed by atoms with van der Waals surface area (Å²) in [5, 5.41) is 6.98. The van der Waals surface area contributed by atoms with Gasteiger partial charge in [0.25, 0.3) is 0 Å². The highest BCUT2D eigenvalue weighted by molar-refractivity contribution is 6.24. The molecule has 1 unspecified atom stereocenters. The van der Waals surface area contributed by atoms with Crippen LogP contribution in [0.3, 0.4) is 0 Å². The van der Waals surface area contributed by atoms with Crippen molar-refractivity contribution in [2.75, 3.05) is 11.4 Å². The third kappa shape index (κ3) is 2.15. The van der Waals surface area contributed by atoms with Gasteiger partial charge in [-0.15, -0.1) is 11.6 Å². The van der Waals surface area contributed by atoms with E-state index in [1.165, 1.54) is 0 Å². The van der Waals surface area contributed by atoms with Crippen LogP contribution in [0.15, 0.2) is 6.07 Å². The predicted molar refractivity (Wildman–Crippen MR) is 59.2 cm³/mol. The van der Waals surface area contributed by atoms with Gasteiger partial charge in [-0.3, -0.25) is 14.8 Å². The van der Waals surface area contributed by atoms with Gasteiger partial charge in [0.1, 0.15) is 0 Å². The van der Waals surface area contributed by atoms with E-state index in [4.69, 9.17) is 11.6 Å². The first-order valence-corrected chi connectivity index (χ1v) is 5.63. The van der Waals surface area contributed by atoms with Crippen LogP contribution in [-0.4, -0.2) is 28.0 Å². The van der Waals surface area contributed by atoms with Gasteiger partial charge in [0.05, 0.1) is 5.38 Å². The number of rotatable bonds is 3. The number of nitrogens with zero attached hydrogens (tertiary/aromatic N) is 2. The van der Waals surface area contributed by atoms with E-state index >= 15 is 0 Å². The number of amides is 1. The number of anilines is 1. The average molecular weight is 228 g/mol. The average Bonchev–Trinajstić information content (AvgIpc) is 2.73. The lowest BCUT2D eigenvalue weighted by molar-refractivity contribution is -0.117. The van der Waals surface area contributed by atoms with Gasteiger partial charge in [-0.1, -0.05) is 13.3 Å². The van der Waals surface area contributed by atoms with Crippen molar-refractivity contribution < 1.29 is 4.79 Å². The Hall–Kier alpha value is -1.03. The number of hydrogen-bond donors (Lipinski definition) is 1. The minimum absolute atomic E-state index is 0.0598. The molecular weight excluding hydrogens is 214 g/mol. The Balaban J connectivity index is 2.12. The van der Waals surface area contributed by atoms with Crippen molar-refractivity contribution in [2.45, 2.75) is 31.6 Å². The van der Waals surface area contributed by atoms with E-state index in [1.54, 1.807) is 4.90 Å². The fraction of sp³-hybridized carbons (Fsp3) is 0.600. The maximum Gasteiger partial charge on any atom is 0.229 e. The quantitative estimate of drug-likeness (QED) is 0.800. The number of aromatic nitrogens is 2. The molecule has 4 nitrogen and oxygen atoms in total. The second-order valence-electron chi connectivity index (χ2n) is 3.81. The van der Waals surface area contributed by atoms with Crippen LogP contribution in [0.1, 0.15) is 25.5 Å². The number of alkyl halides is 1. The van der Waals surface area contributed by atoms with Gasteiger partial charge in [-0.25, -0.2) is 0 Å². The molecule has 0 saturated carbocycles. The Labute approximate surface area is 93.6 Å². The third-order valence-electron chi connectivity index (χ3n) is 2.49. The summed E-state index contributed by atoms with van der Waals surface area (Å²) in [5.41, 5.74) is 1.07. The van der Waals surface area contributed by atoms with Crippen LogP contribution in [0.25, 0.3) is 0 Å². The topological polar surface area (TPSA) is 49.0 Å². The van der Waals surface area contributed by atoms with Crippen LogP contribution in [-0.2, 0) is 11.2 Å². The van der Waals surface area contributed by atoms with E-state index in [2.05, 4.69) is 17.1 Å². The summed E-state index contributed by atoms with van der Waals surface area (Å²) >= 11 is 5.92. The van der Waals surface area contributed by atoms with Gasteiger partial charge in [-0.2, -0.15) is 5.10 Å². The van der Waals surface area contributed by atoms with Crippen LogP contribution in [0.4, 0.5) is 5.82 Å². The smallest absolute Gasteiger partial charge is 0.229 e. The van der Waals surface area contributed by atoms with Crippen molar-refractivity contribution in [2.24, 2.45) is 0 Å². The van der Waals surface area contributed by atoms with E-state index in [1.807, 2.05) is 6.07 Å². The zero-order valence-corrected chi connectivity index (χ0v) is 9.42. The Morgan fingerprint density at radius 2 is 2.53 bits per heavy atom. The molecule has 0 aromatic carbocycles. The van der Waals surface area contributed by atoms with Gasteiger partial charge >= 0.3 is 0 Å². The first-order valence-electron chi connectivity index (χ1n) is 5.19. The summed E-state index contributed by atoms with van der Waals surface area (Å²) in [6.07, 6.45) is 2.44. The zero-order valence-electron chi connectivity index (χ0n) is 8.66. The number of carbonyl (C=O) groups excluding carboxylic acids is 1. The molecule has 2 heterocycles. The molecule has 1 N–H and O–H groups in total. The number of carbonyl (C=O) groups is 1. The molecule has 15 heavy (non-hydrogen) atoms. The Morgan fingerprint density at radius 3 is 3.13 bits per heavy atom. The maximum absolute atomic E-state index is 11.5. The monoisotopic (exact) mass is 227 g/mol. The Kier molecular flexibility index (Phi) is 2.95. The molecule has 1 aromatic rings. The molecule has 0 radical (unpaired) electrons. The normalized spacial score (nSPS) is 21.3. The highest BCUT2D eigenvalue weighted by atomic mass is 35.5. The SMILES string of the molecule is CCCc1cc(N2CC(Cl)CC2=O)n[nH]1. The lowest BCUT2D eigenvalue weighted by atomic mass is 10.2.